The maximum Gasteiger partial charge on any atom is 0.126 e. The highest BCUT2D eigenvalue weighted by atomic mass is 19.1. The van der Waals surface area contributed by atoms with E-state index >= 15 is 0 Å². The lowest BCUT2D eigenvalue weighted by Crippen LogP contribution is -2.14. The molecule has 0 aliphatic rings. The molecule has 108 valence electrons. The molecule has 1 atom stereocenters. The number of aliphatic hydroxyl groups excluding tert-OH is 1. The second-order valence-electron chi connectivity index (χ2n) is 5.06. The minimum absolute atomic E-state index is 0.339. The van der Waals surface area contributed by atoms with E-state index in [2.05, 4.69) is 6.07 Å². The van der Waals surface area contributed by atoms with Crippen molar-refractivity contribution in [1.82, 2.24) is 0 Å². The number of nitriles is 1. The van der Waals surface area contributed by atoms with E-state index in [0.29, 0.717) is 16.7 Å². The average Bonchev–Trinajstić information content (AvgIpc) is 2.48. The summed E-state index contributed by atoms with van der Waals surface area (Å²) in [5, 5.41) is 18.9. The summed E-state index contributed by atoms with van der Waals surface area (Å²) in [5.74, 6) is -0.339. The highest BCUT2D eigenvalue weighted by molar-refractivity contribution is 5.68. The molecule has 1 N–H and O–H groups in total. The zero-order valence-electron chi connectivity index (χ0n) is 12.3. The van der Waals surface area contributed by atoms with Crippen LogP contribution in [0.2, 0.25) is 0 Å². The van der Waals surface area contributed by atoms with Gasteiger partial charge in [-0.25, -0.2) is 4.39 Å². The molecule has 0 radical (unpaired) electrons. The first-order chi connectivity index (χ1) is 9.93. The number of hydrogen-bond acceptors (Lipinski definition) is 3. The third-order valence-electron chi connectivity index (χ3n) is 3.48. The fraction of sp³-hybridized carbons (Fsp3) is 0.235. The van der Waals surface area contributed by atoms with Crippen LogP contribution in [0, 0.1) is 24.1 Å². The van der Waals surface area contributed by atoms with Gasteiger partial charge in [-0.15, -0.1) is 0 Å². The second kappa shape index (κ2) is 5.94. The first kappa shape index (κ1) is 15.0. The van der Waals surface area contributed by atoms with Crippen LogP contribution in [-0.2, 0) is 0 Å². The van der Waals surface area contributed by atoms with Crippen molar-refractivity contribution < 1.29 is 9.50 Å². The predicted octanol–water partition coefficient (Wildman–Crippen LogP) is 3.83. The van der Waals surface area contributed by atoms with E-state index in [-0.39, 0.29) is 5.82 Å². The average molecular weight is 284 g/mol. The molecule has 21 heavy (non-hydrogen) atoms. The van der Waals surface area contributed by atoms with Gasteiger partial charge in [-0.2, -0.15) is 5.26 Å². The Morgan fingerprint density at radius 1 is 1.29 bits per heavy atom. The molecule has 4 heteroatoms. The number of hydrogen-bond donors (Lipinski definition) is 1. The lowest BCUT2D eigenvalue weighted by atomic mass is 10.0. The van der Waals surface area contributed by atoms with Gasteiger partial charge in [0, 0.05) is 24.0 Å². The quantitative estimate of drug-likeness (QED) is 0.931. The van der Waals surface area contributed by atoms with Gasteiger partial charge < -0.3 is 10.0 Å². The zero-order valence-corrected chi connectivity index (χ0v) is 12.3. The fourth-order valence-electron chi connectivity index (χ4n) is 2.23. The van der Waals surface area contributed by atoms with Crippen LogP contribution in [0.3, 0.4) is 0 Å². The largest absolute Gasteiger partial charge is 0.389 e. The van der Waals surface area contributed by atoms with Crippen molar-refractivity contribution in [2.45, 2.75) is 20.0 Å². The van der Waals surface area contributed by atoms with Gasteiger partial charge in [0.25, 0.3) is 0 Å². The molecule has 0 aromatic heterocycles. The maximum atomic E-state index is 13.7. The monoisotopic (exact) mass is 284 g/mol. The van der Waals surface area contributed by atoms with Crippen LogP contribution in [0.15, 0.2) is 36.4 Å². The molecule has 0 spiro atoms. The standard InChI is InChI=1S/C17H17FN2O/c1-11-7-17(15(12(2)21)9-16(11)18)20(3)14-6-4-5-13(8-14)10-19/h4-9,12,21H,1-3H3. The molecular weight excluding hydrogens is 267 g/mol. The molecule has 2 rings (SSSR count). The number of rotatable bonds is 3. The smallest absolute Gasteiger partial charge is 0.126 e. The molecule has 0 aliphatic heterocycles. The van der Waals surface area contributed by atoms with E-state index in [4.69, 9.17) is 5.26 Å². The fourth-order valence-corrected chi connectivity index (χ4v) is 2.23. The number of nitrogens with zero attached hydrogens (tertiary/aromatic N) is 2. The van der Waals surface area contributed by atoms with Gasteiger partial charge in [0.05, 0.1) is 17.7 Å². The molecule has 2 aromatic carbocycles. The van der Waals surface area contributed by atoms with Gasteiger partial charge in [-0.1, -0.05) is 6.07 Å². The zero-order chi connectivity index (χ0) is 15.6. The van der Waals surface area contributed by atoms with Gasteiger partial charge >= 0.3 is 0 Å². The third-order valence-corrected chi connectivity index (χ3v) is 3.48. The number of aryl methyl sites for hydroxylation is 1. The van der Waals surface area contributed by atoms with Gasteiger partial charge in [0.15, 0.2) is 0 Å². The number of halogens is 1. The van der Waals surface area contributed by atoms with Crippen LogP contribution in [0.1, 0.15) is 29.7 Å². The Balaban J connectivity index is 2.54. The molecule has 0 bridgehead atoms. The van der Waals surface area contributed by atoms with E-state index in [9.17, 15) is 9.50 Å². The van der Waals surface area contributed by atoms with Crippen molar-refractivity contribution in [2.75, 3.05) is 11.9 Å². The number of benzene rings is 2. The topological polar surface area (TPSA) is 47.3 Å². The Hall–Kier alpha value is -2.38. The van der Waals surface area contributed by atoms with E-state index < -0.39 is 6.10 Å². The van der Waals surface area contributed by atoms with E-state index in [1.54, 1.807) is 38.1 Å². The first-order valence-corrected chi connectivity index (χ1v) is 6.66. The summed E-state index contributed by atoms with van der Waals surface area (Å²) in [4.78, 5) is 1.84. The van der Waals surface area contributed by atoms with Crippen molar-refractivity contribution in [2.24, 2.45) is 0 Å². The Bertz CT molecular complexity index is 704. The van der Waals surface area contributed by atoms with Crippen molar-refractivity contribution in [3.8, 4) is 6.07 Å². The minimum Gasteiger partial charge on any atom is -0.389 e. The first-order valence-electron chi connectivity index (χ1n) is 6.66. The van der Waals surface area contributed by atoms with Gasteiger partial charge in [0.1, 0.15) is 5.82 Å². The van der Waals surface area contributed by atoms with Gasteiger partial charge in [-0.3, -0.25) is 0 Å². The number of aliphatic hydroxyl groups is 1. The molecule has 0 saturated heterocycles. The summed E-state index contributed by atoms with van der Waals surface area (Å²) in [6, 6.07) is 12.3. The highest BCUT2D eigenvalue weighted by Gasteiger charge is 2.16. The molecule has 3 nitrogen and oxygen atoms in total. The lowest BCUT2D eigenvalue weighted by Gasteiger charge is -2.24. The van der Waals surface area contributed by atoms with Crippen LogP contribution < -0.4 is 4.90 Å². The molecule has 0 heterocycles. The van der Waals surface area contributed by atoms with Gasteiger partial charge in [0.2, 0.25) is 0 Å². The maximum absolute atomic E-state index is 13.7. The highest BCUT2D eigenvalue weighted by Crippen LogP contribution is 2.33. The van der Waals surface area contributed by atoms with E-state index in [0.717, 1.165) is 11.4 Å². The summed E-state index contributed by atoms with van der Waals surface area (Å²) < 4.78 is 13.7. The Labute approximate surface area is 123 Å². The summed E-state index contributed by atoms with van der Waals surface area (Å²) in [6.45, 7) is 3.29. The van der Waals surface area contributed by atoms with Crippen molar-refractivity contribution in [3.63, 3.8) is 0 Å². The molecule has 1 unspecified atom stereocenters. The van der Waals surface area contributed by atoms with Gasteiger partial charge in [-0.05, 0) is 49.7 Å². The van der Waals surface area contributed by atoms with Crippen molar-refractivity contribution in [3.05, 3.63) is 58.9 Å². The number of anilines is 2. The van der Waals surface area contributed by atoms with Crippen molar-refractivity contribution in [1.29, 1.82) is 5.26 Å². The van der Waals surface area contributed by atoms with Crippen LogP contribution in [-0.4, -0.2) is 12.2 Å². The molecular formula is C17H17FN2O. The summed E-state index contributed by atoms with van der Waals surface area (Å²) in [7, 11) is 1.83. The molecule has 0 fully saturated rings. The Kier molecular flexibility index (Phi) is 4.25. The minimum atomic E-state index is -0.781. The Morgan fingerprint density at radius 3 is 2.62 bits per heavy atom. The van der Waals surface area contributed by atoms with Crippen LogP contribution in [0.5, 0.6) is 0 Å². The summed E-state index contributed by atoms with van der Waals surface area (Å²) in [6.07, 6.45) is -0.781. The van der Waals surface area contributed by atoms with E-state index in [1.807, 2.05) is 18.0 Å². The van der Waals surface area contributed by atoms with Crippen LogP contribution >= 0.6 is 0 Å². The van der Waals surface area contributed by atoms with Crippen LogP contribution in [0.4, 0.5) is 15.8 Å². The second-order valence-corrected chi connectivity index (χ2v) is 5.06. The lowest BCUT2D eigenvalue weighted by molar-refractivity contribution is 0.199. The summed E-state index contributed by atoms with van der Waals surface area (Å²) in [5.41, 5.74) is 3.11. The van der Waals surface area contributed by atoms with E-state index in [1.165, 1.54) is 6.07 Å². The molecule has 0 saturated carbocycles. The predicted molar refractivity (Wildman–Crippen MR) is 81.0 cm³/mol. The summed E-state index contributed by atoms with van der Waals surface area (Å²) >= 11 is 0. The SMILES string of the molecule is Cc1cc(N(C)c2cccc(C#N)c2)c(C(C)O)cc1F. The molecule has 0 amide bonds. The normalized spacial score (nSPS) is 11.8. The molecule has 0 aliphatic carbocycles. The third kappa shape index (κ3) is 3.04. The Morgan fingerprint density at radius 2 is 2.00 bits per heavy atom. The van der Waals surface area contributed by atoms with Crippen molar-refractivity contribution >= 4 is 11.4 Å². The van der Waals surface area contributed by atoms with Crippen LogP contribution in [0.25, 0.3) is 0 Å². The molecule has 2 aromatic rings.